The first-order valence-corrected chi connectivity index (χ1v) is 12.3. The third kappa shape index (κ3) is 6.12. The molecule has 2 atom stereocenters. The van der Waals surface area contributed by atoms with Gasteiger partial charge in [0.25, 0.3) is 5.91 Å². The minimum absolute atomic E-state index is 0.0551. The molecular formula is C25H31N3O3S. The standard InChI is InChI=1S/C25H31N3O3S/c26-24(29)19-5-3-13-28(16-19)15-18-9-11-20(12-10-18)27-25(30)22-7-1-2-8-23(22)32-17-21-6-4-14-31-21/h1-2,7-12,19,21H,3-6,13-17H2,(H2,26,29)(H,27,30). The third-order valence-corrected chi connectivity index (χ3v) is 7.31. The van der Waals surface area contributed by atoms with Gasteiger partial charge >= 0.3 is 0 Å². The highest BCUT2D eigenvalue weighted by Crippen LogP contribution is 2.27. The highest BCUT2D eigenvalue weighted by atomic mass is 32.2. The number of hydrogen-bond acceptors (Lipinski definition) is 5. The van der Waals surface area contributed by atoms with Crippen LogP contribution in [0.5, 0.6) is 0 Å². The molecule has 4 rings (SSSR count). The van der Waals surface area contributed by atoms with Crippen LogP contribution in [-0.2, 0) is 16.1 Å². The van der Waals surface area contributed by atoms with Crippen molar-refractivity contribution in [1.29, 1.82) is 0 Å². The summed E-state index contributed by atoms with van der Waals surface area (Å²) >= 11 is 1.68. The summed E-state index contributed by atoms with van der Waals surface area (Å²) in [4.78, 5) is 27.7. The topological polar surface area (TPSA) is 84.7 Å². The molecule has 2 aromatic carbocycles. The van der Waals surface area contributed by atoms with E-state index in [2.05, 4.69) is 10.2 Å². The van der Waals surface area contributed by atoms with Gasteiger partial charge in [-0.2, -0.15) is 0 Å². The number of benzene rings is 2. The van der Waals surface area contributed by atoms with Gasteiger partial charge in [-0.25, -0.2) is 0 Å². The molecule has 7 heteroatoms. The quantitative estimate of drug-likeness (QED) is 0.592. The average molecular weight is 454 g/mol. The first-order chi connectivity index (χ1) is 15.6. The molecule has 0 aromatic heterocycles. The average Bonchev–Trinajstić information content (AvgIpc) is 3.33. The van der Waals surface area contributed by atoms with Crippen LogP contribution in [0, 0.1) is 5.92 Å². The summed E-state index contributed by atoms with van der Waals surface area (Å²) in [5.41, 5.74) is 8.09. The van der Waals surface area contributed by atoms with Crippen molar-refractivity contribution < 1.29 is 14.3 Å². The number of anilines is 1. The summed E-state index contributed by atoms with van der Waals surface area (Å²) in [5, 5.41) is 3.02. The Morgan fingerprint density at radius 2 is 1.91 bits per heavy atom. The second-order valence-electron chi connectivity index (χ2n) is 8.57. The van der Waals surface area contributed by atoms with E-state index in [1.54, 1.807) is 11.8 Å². The Kier molecular flexibility index (Phi) is 7.84. The van der Waals surface area contributed by atoms with E-state index in [1.165, 1.54) is 0 Å². The van der Waals surface area contributed by atoms with Gasteiger partial charge in [-0.15, -0.1) is 11.8 Å². The number of carbonyl (C=O) groups is 2. The van der Waals surface area contributed by atoms with E-state index in [-0.39, 0.29) is 23.8 Å². The summed E-state index contributed by atoms with van der Waals surface area (Å²) in [6.45, 7) is 3.31. The molecule has 2 heterocycles. The Morgan fingerprint density at radius 3 is 2.66 bits per heavy atom. The molecule has 0 spiro atoms. The number of rotatable bonds is 8. The Hall–Kier alpha value is -2.35. The Bertz CT molecular complexity index is 928. The van der Waals surface area contributed by atoms with E-state index in [1.807, 2.05) is 48.5 Å². The number of thioether (sulfide) groups is 1. The van der Waals surface area contributed by atoms with Crippen LogP contribution in [0.15, 0.2) is 53.4 Å². The molecule has 2 saturated heterocycles. The maximum Gasteiger partial charge on any atom is 0.256 e. The van der Waals surface area contributed by atoms with Crippen molar-refractivity contribution >= 4 is 29.3 Å². The van der Waals surface area contributed by atoms with E-state index in [0.717, 1.165) is 67.3 Å². The summed E-state index contributed by atoms with van der Waals surface area (Å²) < 4.78 is 5.71. The van der Waals surface area contributed by atoms with Crippen LogP contribution in [-0.4, -0.2) is 48.3 Å². The number of nitrogens with zero attached hydrogens (tertiary/aromatic N) is 1. The molecule has 2 aromatic rings. The van der Waals surface area contributed by atoms with E-state index < -0.39 is 0 Å². The van der Waals surface area contributed by atoms with Gasteiger partial charge < -0.3 is 15.8 Å². The number of likely N-dealkylation sites (tertiary alicyclic amines) is 1. The van der Waals surface area contributed by atoms with Crippen molar-refractivity contribution in [1.82, 2.24) is 4.90 Å². The van der Waals surface area contributed by atoms with Crippen LogP contribution >= 0.6 is 11.8 Å². The molecule has 2 aliphatic heterocycles. The van der Waals surface area contributed by atoms with Crippen molar-refractivity contribution in [2.75, 3.05) is 30.8 Å². The number of carbonyl (C=O) groups excluding carboxylic acids is 2. The number of amides is 2. The lowest BCUT2D eigenvalue weighted by Gasteiger charge is -2.31. The number of nitrogens with one attached hydrogen (secondary N) is 1. The van der Waals surface area contributed by atoms with Crippen molar-refractivity contribution in [3.05, 3.63) is 59.7 Å². The van der Waals surface area contributed by atoms with Crippen molar-refractivity contribution in [2.45, 2.75) is 43.2 Å². The van der Waals surface area contributed by atoms with Gasteiger partial charge in [0.2, 0.25) is 5.91 Å². The van der Waals surface area contributed by atoms with Crippen LogP contribution < -0.4 is 11.1 Å². The highest BCUT2D eigenvalue weighted by molar-refractivity contribution is 7.99. The Morgan fingerprint density at radius 1 is 1.09 bits per heavy atom. The minimum Gasteiger partial charge on any atom is -0.377 e. The second-order valence-corrected chi connectivity index (χ2v) is 9.63. The van der Waals surface area contributed by atoms with Crippen molar-refractivity contribution in [3.63, 3.8) is 0 Å². The molecule has 0 aliphatic carbocycles. The van der Waals surface area contributed by atoms with Gasteiger partial charge in [-0.05, 0) is 62.1 Å². The molecule has 170 valence electrons. The minimum atomic E-state index is -0.207. The van der Waals surface area contributed by atoms with E-state index in [4.69, 9.17) is 10.5 Å². The first kappa shape index (κ1) is 22.8. The molecule has 32 heavy (non-hydrogen) atoms. The van der Waals surface area contributed by atoms with Gasteiger partial charge in [-0.3, -0.25) is 14.5 Å². The van der Waals surface area contributed by atoms with Crippen LogP contribution in [0.25, 0.3) is 0 Å². The van der Waals surface area contributed by atoms with Crippen LogP contribution in [0.3, 0.4) is 0 Å². The zero-order valence-electron chi connectivity index (χ0n) is 18.3. The number of piperidine rings is 1. The summed E-state index contributed by atoms with van der Waals surface area (Å²) in [5.74, 6) is 0.502. The van der Waals surface area contributed by atoms with Gasteiger partial charge in [0, 0.05) is 36.0 Å². The Balaban J connectivity index is 1.33. The van der Waals surface area contributed by atoms with E-state index >= 15 is 0 Å². The molecule has 6 nitrogen and oxygen atoms in total. The number of nitrogens with two attached hydrogens (primary N) is 1. The molecule has 2 aliphatic rings. The maximum atomic E-state index is 12.9. The van der Waals surface area contributed by atoms with Gasteiger partial charge in [0.15, 0.2) is 0 Å². The van der Waals surface area contributed by atoms with Gasteiger partial charge in [-0.1, -0.05) is 24.3 Å². The molecular weight excluding hydrogens is 422 g/mol. The highest BCUT2D eigenvalue weighted by Gasteiger charge is 2.24. The fraction of sp³-hybridized carbons (Fsp3) is 0.440. The lowest BCUT2D eigenvalue weighted by Crippen LogP contribution is -2.40. The zero-order valence-corrected chi connectivity index (χ0v) is 19.1. The van der Waals surface area contributed by atoms with E-state index in [9.17, 15) is 9.59 Å². The normalized spacial score (nSPS) is 21.4. The molecule has 3 N–H and O–H groups in total. The summed E-state index contributed by atoms with van der Waals surface area (Å²) in [6.07, 6.45) is 4.36. The summed E-state index contributed by atoms with van der Waals surface area (Å²) in [6, 6.07) is 15.7. The predicted molar refractivity (Wildman–Crippen MR) is 128 cm³/mol. The number of primary amides is 1. The largest absolute Gasteiger partial charge is 0.377 e. The predicted octanol–water partition coefficient (Wildman–Crippen LogP) is 3.91. The maximum absolute atomic E-state index is 12.9. The molecule has 0 bridgehead atoms. The SMILES string of the molecule is NC(=O)C1CCCN(Cc2ccc(NC(=O)c3ccccc3SCC3CCCO3)cc2)C1. The van der Waals surface area contributed by atoms with Crippen molar-refractivity contribution in [2.24, 2.45) is 11.7 Å². The number of hydrogen-bond donors (Lipinski definition) is 2. The van der Waals surface area contributed by atoms with Gasteiger partial charge in [0.05, 0.1) is 17.6 Å². The smallest absolute Gasteiger partial charge is 0.256 e. The van der Waals surface area contributed by atoms with E-state index in [0.29, 0.717) is 12.1 Å². The zero-order chi connectivity index (χ0) is 22.3. The molecule has 0 radical (unpaired) electrons. The molecule has 2 unspecified atom stereocenters. The first-order valence-electron chi connectivity index (χ1n) is 11.3. The number of ether oxygens (including phenoxy) is 1. The summed E-state index contributed by atoms with van der Waals surface area (Å²) in [7, 11) is 0. The van der Waals surface area contributed by atoms with Crippen LogP contribution in [0.1, 0.15) is 41.6 Å². The molecule has 2 amide bonds. The van der Waals surface area contributed by atoms with Crippen LogP contribution in [0.4, 0.5) is 5.69 Å². The monoisotopic (exact) mass is 453 g/mol. The van der Waals surface area contributed by atoms with Crippen molar-refractivity contribution in [3.8, 4) is 0 Å². The fourth-order valence-electron chi connectivity index (χ4n) is 4.32. The van der Waals surface area contributed by atoms with Crippen LogP contribution in [0.2, 0.25) is 0 Å². The third-order valence-electron chi connectivity index (χ3n) is 6.11. The molecule has 0 saturated carbocycles. The second kappa shape index (κ2) is 11.0. The van der Waals surface area contributed by atoms with Gasteiger partial charge in [0.1, 0.15) is 0 Å². The lowest BCUT2D eigenvalue weighted by molar-refractivity contribution is -0.123. The fourth-order valence-corrected chi connectivity index (χ4v) is 5.44. The molecule has 2 fully saturated rings. The lowest BCUT2D eigenvalue weighted by atomic mass is 9.97. The Labute approximate surface area is 193 Å².